The molecule has 39 heavy (non-hydrogen) atoms. The molecule has 0 bridgehead atoms. The summed E-state index contributed by atoms with van der Waals surface area (Å²) in [6.45, 7) is 5.61. The van der Waals surface area contributed by atoms with E-state index in [-0.39, 0.29) is 17.6 Å². The summed E-state index contributed by atoms with van der Waals surface area (Å²) in [5.41, 5.74) is 2.79. The van der Waals surface area contributed by atoms with Gasteiger partial charge in [-0.2, -0.15) is 5.26 Å². The number of nitrogens with zero attached hydrogens (tertiary/aromatic N) is 3. The molecule has 9 heteroatoms. The molecule has 0 unspecified atom stereocenters. The first kappa shape index (κ1) is 25.7. The number of halogens is 1. The smallest absolute Gasteiger partial charge is 0.340 e. The number of carbonyl (C=O) groups is 2. The number of aliphatic imine (C=N–C) groups is 1. The summed E-state index contributed by atoms with van der Waals surface area (Å²) in [6.07, 6.45) is 2.20. The van der Waals surface area contributed by atoms with Crippen molar-refractivity contribution in [1.29, 1.82) is 5.26 Å². The van der Waals surface area contributed by atoms with E-state index in [1.165, 1.54) is 24.1 Å². The highest BCUT2D eigenvalue weighted by atomic mass is 19.1. The van der Waals surface area contributed by atoms with Crippen molar-refractivity contribution in [2.45, 2.75) is 26.3 Å². The summed E-state index contributed by atoms with van der Waals surface area (Å²) in [7, 11) is 1.52. The van der Waals surface area contributed by atoms with Gasteiger partial charge in [0.25, 0.3) is 5.91 Å². The van der Waals surface area contributed by atoms with Crippen LogP contribution in [-0.2, 0) is 9.53 Å². The van der Waals surface area contributed by atoms with Crippen LogP contribution in [0.4, 0.5) is 10.1 Å². The summed E-state index contributed by atoms with van der Waals surface area (Å²) in [6, 6.07) is 16.5. The van der Waals surface area contributed by atoms with Gasteiger partial charge in [0.2, 0.25) is 5.90 Å². The van der Waals surface area contributed by atoms with Gasteiger partial charge in [-0.1, -0.05) is 12.1 Å². The fraction of sp³-hybridized carbons (Fsp3) is 0.200. The summed E-state index contributed by atoms with van der Waals surface area (Å²) >= 11 is 0. The molecule has 1 aliphatic rings. The molecule has 0 radical (unpaired) electrons. The number of rotatable bonds is 6. The largest absolute Gasteiger partial charge is 0.455 e. The minimum Gasteiger partial charge on any atom is -0.455 e. The van der Waals surface area contributed by atoms with Gasteiger partial charge in [-0.3, -0.25) is 9.69 Å². The van der Waals surface area contributed by atoms with Crippen molar-refractivity contribution >= 4 is 34.4 Å². The highest BCUT2D eigenvalue weighted by molar-refractivity contribution is 6.13. The normalized spacial score (nSPS) is 14.1. The Kier molecular flexibility index (Phi) is 6.40. The van der Waals surface area contributed by atoms with E-state index < -0.39 is 17.3 Å². The molecule has 3 aromatic carbocycles. The third-order valence-corrected chi connectivity index (χ3v) is 6.59. The third-order valence-electron chi connectivity index (χ3n) is 6.59. The van der Waals surface area contributed by atoms with Gasteiger partial charge in [-0.25, -0.2) is 14.2 Å². The molecular weight excluding hydrogens is 499 g/mol. The van der Waals surface area contributed by atoms with E-state index >= 15 is 0 Å². The SMILES string of the molecule is CCN(C#N)c1cc2oc(-c3ccc(F)cc3)c(C(=O)NC)c2cc1-c1cccc(C2=NC(C)(C)C(=O)O2)c1. The zero-order chi connectivity index (χ0) is 27.9. The van der Waals surface area contributed by atoms with Gasteiger partial charge in [0.15, 0.2) is 11.7 Å². The first-order valence-corrected chi connectivity index (χ1v) is 12.4. The zero-order valence-corrected chi connectivity index (χ0v) is 21.8. The lowest BCUT2D eigenvalue weighted by atomic mass is 9.96. The maximum Gasteiger partial charge on any atom is 0.340 e. The molecule has 1 amide bonds. The number of ether oxygens (including phenoxy) is 1. The fourth-order valence-corrected chi connectivity index (χ4v) is 4.51. The molecule has 0 saturated carbocycles. The van der Waals surface area contributed by atoms with Crippen LogP contribution < -0.4 is 10.2 Å². The Bertz CT molecular complexity index is 1700. The van der Waals surface area contributed by atoms with E-state index in [9.17, 15) is 19.2 Å². The number of hydrogen-bond acceptors (Lipinski definition) is 7. The molecule has 0 atom stereocenters. The number of nitrogens with one attached hydrogen (secondary N) is 1. The first-order chi connectivity index (χ1) is 18.7. The molecule has 1 N–H and O–H groups in total. The lowest BCUT2D eigenvalue weighted by Crippen LogP contribution is -2.25. The Morgan fingerprint density at radius 3 is 2.44 bits per heavy atom. The highest BCUT2D eigenvalue weighted by Crippen LogP contribution is 2.41. The molecule has 1 aliphatic heterocycles. The van der Waals surface area contributed by atoms with Crippen molar-refractivity contribution in [3.05, 3.63) is 77.6 Å². The van der Waals surface area contributed by atoms with Crippen LogP contribution in [0.1, 0.15) is 36.7 Å². The highest BCUT2D eigenvalue weighted by Gasteiger charge is 2.37. The molecule has 0 fully saturated rings. The number of benzene rings is 3. The molecule has 1 aromatic heterocycles. The third kappa shape index (κ3) is 4.50. The van der Waals surface area contributed by atoms with Gasteiger partial charge < -0.3 is 14.5 Å². The molecule has 196 valence electrons. The minimum absolute atomic E-state index is 0.218. The predicted octanol–water partition coefficient (Wildman–Crippen LogP) is 5.65. The fourth-order valence-electron chi connectivity index (χ4n) is 4.51. The van der Waals surface area contributed by atoms with Gasteiger partial charge in [-0.15, -0.1) is 0 Å². The number of nitriles is 1. The average molecular weight is 525 g/mol. The number of anilines is 1. The maximum absolute atomic E-state index is 13.6. The van der Waals surface area contributed by atoms with Gasteiger partial charge >= 0.3 is 5.97 Å². The Labute approximate surface area is 224 Å². The second-order valence-corrected chi connectivity index (χ2v) is 9.55. The molecule has 5 rings (SSSR count). The number of esters is 1. The summed E-state index contributed by atoms with van der Waals surface area (Å²) in [5, 5.41) is 13.1. The van der Waals surface area contributed by atoms with Crippen molar-refractivity contribution in [2.75, 3.05) is 18.5 Å². The summed E-state index contributed by atoms with van der Waals surface area (Å²) in [4.78, 5) is 31.2. The van der Waals surface area contributed by atoms with E-state index in [0.717, 1.165) is 0 Å². The van der Waals surface area contributed by atoms with Crippen molar-refractivity contribution in [3.63, 3.8) is 0 Å². The van der Waals surface area contributed by atoms with Crippen LogP contribution in [0.5, 0.6) is 0 Å². The zero-order valence-electron chi connectivity index (χ0n) is 21.8. The monoisotopic (exact) mass is 524 g/mol. The standard InChI is InChI=1S/C30H25FN4O4/c1-5-35(16-32)23-15-24-22(25(27(36)33-4)26(38-24)17-9-11-20(31)12-10-17)14-21(23)18-7-6-8-19(13-18)28-34-30(2,3)29(37)39-28/h6-15H,5H2,1-4H3,(H,33,36). The maximum atomic E-state index is 13.6. The van der Waals surface area contributed by atoms with Crippen molar-refractivity contribution in [3.8, 4) is 28.6 Å². The number of furan rings is 1. The lowest BCUT2D eigenvalue weighted by molar-refractivity contribution is -0.137. The Morgan fingerprint density at radius 1 is 1.10 bits per heavy atom. The topological polar surface area (TPSA) is 108 Å². The number of amides is 1. The lowest BCUT2D eigenvalue weighted by Gasteiger charge is -2.18. The Balaban J connectivity index is 1.76. The van der Waals surface area contributed by atoms with Crippen LogP contribution in [0.3, 0.4) is 0 Å². The number of cyclic esters (lactones) is 1. The molecule has 2 heterocycles. The summed E-state index contributed by atoms with van der Waals surface area (Å²) < 4.78 is 25.2. The molecular formula is C30H25FN4O4. The molecule has 0 saturated heterocycles. The van der Waals surface area contributed by atoms with E-state index in [1.54, 1.807) is 44.2 Å². The first-order valence-electron chi connectivity index (χ1n) is 12.4. The molecule has 4 aromatic rings. The van der Waals surface area contributed by atoms with Crippen molar-refractivity contribution in [2.24, 2.45) is 4.99 Å². The molecule has 8 nitrogen and oxygen atoms in total. The number of fused-ring (bicyclic) bond motifs is 1. The Morgan fingerprint density at radius 2 is 1.82 bits per heavy atom. The Hall–Kier alpha value is -4.97. The summed E-state index contributed by atoms with van der Waals surface area (Å²) in [5.74, 6) is -0.712. The van der Waals surface area contributed by atoms with Crippen LogP contribution >= 0.6 is 0 Å². The van der Waals surface area contributed by atoms with Gasteiger partial charge in [0.1, 0.15) is 17.2 Å². The quantitative estimate of drug-likeness (QED) is 0.198. The predicted molar refractivity (Wildman–Crippen MR) is 146 cm³/mol. The second kappa shape index (κ2) is 9.72. The van der Waals surface area contributed by atoms with Gasteiger partial charge in [0, 0.05) is 41.7 Å². The molecule has 0 spiro atoms. The molecule has 0 aliphatic carbocycles. The van der Waals surface area contributed by atoms with Gasteiger partial charge in [0.05, 0.1) is 11.3 Å². The van der Waals surface area contributed by atoms with Crippen molar-refractivity contribution in [1.82, 2.24) is 5.32 Å². The van der Waals surface area contributed by atoms with Gasteiger partial charge in [-0.05, 0) is 68.8 Å². The minimum atomic E-state index is -0.981. The van der Waals surface area contributed by atoms with E-state index in [4.69, 9.17) is 9.15 Å². The van der Waals surface area contributed by atoms with Crippen molar-refractivity contribution < 1.29 is 23.1 Å². The number of hydrogen-bond donors (Lipinski definition) is 1. The van der Waals surface area contributed by atoms with Crippen LogP contribution in [0, 0.1) is 17.3 Å². The van der Waals surface area contributed by atoms with Crippen LogP contribution in [-0.4, -0.2) is 36.9 Å². The second-order valence-electron chi connectivity index (χ2n) is 9.55. The van der Waals surface area contributed by atoms with E-state index in [1.807, 2.05) is 25.1 Å². The number of carbonyl (C=O) groups excluding carboxylic acids is 2. The van der Waals surface area contributed by atoms with Crippen LogP contribution in [0.15, 0.2) is 70.1 Å². The van der Waals surface area contributed by atoms with E-state index in [0.29, 0.717) is 51.0 Å². The van der Waals surface area contributed by atoms with Crippen LogP contribution in [0.25, 0.3) is 33.4 Å². The van der Waals surface area contributed by atoms with Crippen LogP contribution in [0.2, 0.25) is 0 Å². The van der Waals surface area contributed by atoms with E-state index in [2.05, 4.69) is 16.5 Å². The average Bonchev–Trinajstić information content (AvgIpc) is 3.44.